The van der Waals surface area contributed by atoms with Crippen molar-refractivity contribution in [3.05, 3.63) is 0 Å². The van der Waals surface area contributed by atoms with Crippen LogP contribution in [0.1, 0.15) is 112 Å². The Labute approximate surface area is 188 Å². The molecule has 0 bridgehead atoms. The van der Waals surface area contributed by atoms with Crippen molar-refractivity contribution in [1.82, 2.24) is 0 Å². The second-order valence-electron chi connectivity index (χ2n) is 13.3. The van der Waals surface area contributed by atoms with Crippen molar-refractivity contribution in [2.24, 2.45) is 76.4 Å². The van der Waals surface area contributed by atoms with Crippen LogP contribution in [0.4, 0.5) is 0 Å². The van der Waals surface area contributed by atoms with Gasteiger partial charge in [0.05, 0.1) is 0 Å². The van der Waals surface area contributed by atoms with Crippen LogP contribution >= 0.6 is 0 Å². The van der Waals surface area contributed by atoms with Crippen LogP contribution in [-0.4, -0.2) is 0 Å². The van der Waals surface area contributed by atoms with E-state index in [-0.39, 0.29) is 0 Å². The summed E-state index contributed by atoms with van der Waals surface area (Å²) >= 11 is 0. The van der Waals surface area contributed by atoms with Gasteiger partial charge in [0.2, 0.25) is 0 Å². The summed E-state index contributed by atoms with van der Waals surface area (Å²) in [6, 6.07) is 0. The van der Waals surface area contributed by atoms with Gasteiger partial charge in [-0.05, 0) is 109 Å². The van der Waals surface area contributed by atoms with Crippen LogP contribution in [0.5, 0.6) is 0 Å². The van der Waals surface area contributed by atoms with Crippen molar-refractivity contribution in [3.63, 3.8) is 0 Å². The van der Waals surface area contributed by atoms with Crippen LogP contribution in [0.15, 0.2) is 0 Å². The zero-order valence-corrected chi connectivity index (χ0v) is 21.2. The van der Waals surface area contributed by atoms with Crippen molar-refractivity contribution >= 4 is 0 Å². The van der Waals surface area contributed by atoms with Gasteiger partial charge in [0.1, 0.15) is 0 Å². The molecule has 30 heavy (non-hydrogen) atoms. The first-order valence-corrected chi connectivity index (χ1v) is 14.5. The van der Waals surface area contributed by atoms with E-state index in [0.29, 0.717) is 0 Å². The molecule has 5 aliphatic rings. The van der Waals surface area contributed by atoms with E-state index >= 15 is 0 Å². The van der Waals surface area contributed by atoms with Crippen LogP contribution < -0.4 is 0 Å². The third kappa shape index (κ3) is 3.11. The zero-order chi connectivity index (χ0) is 21.2. The van der Waals surface area contributed by atoms with E-state index in [1.807, 2.05) is 0 Å². The van der Waals surface area contributed by atoms with Crippen molar-refractivity contribution in [2.45, 2.75) is 112 Å². The Morgan fingerprint density at radius 3 is 2.23 bits per heavy atom. The molecule has 12 atom stereocenters. The molecular weight excluding hydrogens is 360 g/mol. The molecule has 0 aromatic carbocycles. The Bertz CT molecular complexity index is 605. The van der Waals surface area contributed by atoms with Crippen LogP contribution in [0, 0.1) is 76.4 Å². The van der Waals surface area contributed by atoms with Gasteiger partial charge >= 0.3 is 0 Å². The third-order valence-corrected chi connectivity index (χ3v) is 12.3. The minimum atomic E-state index is 0.857. The van der Waals surface area contributed by atoms with E-state index in [0.717, 1.165) is 58.7 Å². The maximum Gasteiger partial charge on any atom is -0.0170 e. The van der Waals surface area contributed by atoms with Gasteiger partial charge in [0.25, 0.3) is 0 Å². The highest BCUT2D eigenvalue weighted by atomic mass is 14.9. The minimum Gasteiger partial charge on any atom is -0.0651 e. The predicted octanol–water partition coefficient (Wildman–Crippen LogP) is 8.85. The summed E-state index contributed by atoms with van der Waals surface area (Å²) in [5.74, 6) is 13.0. The van der Waals surface area contributed by atoms with Gasteiger partial charge < -0.3 is 0 Å². The molecule has 0 amide bonds. The number of rotatable bonds is 8. The van der Waals surface area contributed by atoms with E-state index in [2.05, 4.69) is 41.5 Å². The normalized spacial score (nSPS) is 50.7. The van der Waals surface area contributed by atoms with E-state index in [1.165, 1.54) is 49.9 Å². The molecule has 0 aliphatic heterocycles. The monoisotopic (exact) mass is 412 g/mol. The smallest absolute Gasteiger partial charge is 0.0170 e. The van der Waals surface area contributed by atoms with Gasteiger partial charge in [0, 0.05) is 0 Å². The van der Waals surface area contributed by atoms with Gasteiger partial charge in [-0.1, -0.05) is 80.1 Å². The van der Waals surface area contributed by atoms with Crippen molar-refractivity contribution in [2.75, 3.05) is 0 Å². The Balaban J connectivity index is 1.24. The van der Waals surface area contributed by atoms with Crippen LogP contribution in [0.25, 0.3) is 0 Å². The van der Waals surface area contributed by atoms with Crippen molar-refractivity contribution < 1.29 is 0 Å². The molecule has 172 valence electrons. The number of hydrogen-bond donors (Lipinski definition) is 0. The fourth-order valence-corrected chi connectivity index (χ4v) is 10.6. The summed E-state index contributed by atoms with van der Waals surface area (Å²) in [5, 5.41) is 0. The molecule has 0 radical (unpaired) electrons. The van der Waals surface area contributed by atoms with Gasteiger partial charge in [-0.2, -0.15) is 0 Å². The maximum absolute atomic E-state index is 2.53. The third-order valence-electron chi connectivity index (χ3n) is 12.3. The van der Waals surface area contributed by atoms with Gasteiger partial charge in [0.15, 0.2) is 0 Å². The lowest BCUT2D eigenvalue weighted by atomic mass is 9.66. The highest BCUT2D eigenvalue weighted by Gasteiger charge is 2.86. The molecule has 5 rings (SSSR count). The lowest BCUT2D eigenvalue weighted by Crippen LogP contribution is -2.34. The number of fused-ring (bicyclic) bond motifs is 2. The van der Waals surface area contributed by atoms with Crippen molar-refractivity contribution in [1.29, 1.82) is 0 Å². The molecule has 5 fully saturated rings. The minimum absolute atomic E-state index is 0.857. The highest BCUT2D eigenvalue weighted by Crippen LogP contribution is 2.91. The molecule has 1 spiro atoms. The molecular formula is C30H52. The van der Waals surface area contributed by atoms with E-state index in [4.69, 9.17) is 0 Å². The average Bonchev–Trinajstić information content (AvgIpc) is 3.51. The molecule has 0 saturated heterocycles. The van der Waals surface area contributed by atoms with Crippen molar-refractivity contribution in [3.8, 4) is 0 Å². The topological polar surface area (TPSA) is 0 Å². The maximum atomic E-state index is 2.53. The Kier molecular flexibility index (Phi) is 5.89. The molecule has 0 heterocycles. The molecule has 0 nitrogen and oxygen atoms in total. The largest absolute Gasteiger partial charge is 0.0651 e. The zero-order valence-electron chi connectivity index (χ0n) is 21.2. The number of hydrogen-bond acceptors (Lipinski definition) is 0. The summed E-state index contributed by atoms with van der Waals surface area (Å²) < 4.78 is 0. The Morgan fingerprint density at radius 1 is 0.833 bits per heavy atom. The van der Waals surface area contributed by atoms with E-state index < -0.39 is 0 Å². The Morgan fingerprint density at radius 2 is 1.57 bits per heavy atom. The fourth-order valence-electron chi connectivity index (χ4n) is 10.6. The summed E-state index contributed by atoms with van der Waals surface area (Å²) in [5.41, 5.74) is 0.878. The molecule has 0 heteroatoms. The Hall–Kier alpha value is 0. The summed E-state index contributed by atoms with van der Waals surface area (Å²) in [4.78, 5) is 0. The van der Waals surface area contributed by atoms with Crippen LogP contribution in [-0.2, 0) is 0 Å². The van der Waals surface area contributed by atoms with Gasteiger partial charge in [-0.15, -0.1) is 0 Å². The summed E-state index contributed by atoms with van der Waals surface area (Å²) in [6.45, 7) is 14.9. The summed E-state index contributed by atoms with van der Waals surface area (Å²) in [7, 11) is 0. The lowest BCUT2D eigenvalue weighted by Gasteiger charge is -2.38. The molecule has 0 N–H and O–H groups in total. The quantitative estimate of drug-likeness (QED) is 0.373. The average molecular weight is 413 g/mol. The molecule has 12 unspecified atom stereocenters. The molecule has 0 aromatic rings. The summed E-state index contributed by atoms with van der Waals surface area (Å²) in [6.07, 6.45) is 17.0. The molecule has 5 aliphatic carbocycles. The second kappa shape index (κ2) is 8.09. The van der Waals surface area contributed by atoms with Crippen LogP contribution in [0.2, 0.25) is 0 Å². The predicted molar refractivity (Wildman–Crippen MR) is 129 cm³/mol. The van der Waals surface area contributed by atoms with E-state index in [1.54, 1.807) is 38.5 Å². The SMILES string of the molecule is CCC(CCC(C)C(C)C)C1CC2CCCC3C(CC)C34C(CC)C3C(CC2C1)C34. The van der Waals surface area contributed by atoms with Crippen LogP contribution in [0.3, 0.4) is 0 Å². The lowest BCUT2D eigenvalue weighted by molar-refractivity contribution is 0.0854. The van der Waals surface area contributed by atoms with Gasteiger partial charge in [-0.25, -0.2) is 0 Å². The highest BCUT2D eigenvalue weighted by molar-refractivity contribution is 5.33. The van der Waals surface area contributed by atoms with E-state index in [9.17, 15) is 0 Å². The first kappa shape index (κ1) is 21.8. The second-order valence-corrected chi connectivity index (χ2v) is 13.3. The standard InChI is InChI=1S/C30H52/c1-7-20(14-13-19(6)18(4)5)22-15-21-11-10-12-27-25(8-2)30(27)26(9-3)28-24(29(28)30)17-23(21)16-22/h18-29H,7-17H2,1-6H3. The first-order chi connectivity index (χ1) is 14.5. The molecule has 5 saturated carbocycles. The fraction of sp³-hybridized carbons (Fsp3) is 1.00. The molecule has 0 aromatic heterocycles. The first-order valence-electron chi connectivity index (χ1n) is 14.5. The van der Waals surface area contributed by atoms with Gasteiger partial charge in [-0.3, -0.25) is 0 Å².